The lowest BCUT2D eigenvalue weighted by Crippen LogP contribution is -1.92. The molecule has 0 amide bonds. The third-order valence-electron chi connectivity index (χ3n) is 0.853. The van der Waals surface area contributed by atoms with Crippen LogP contribution in [0.2, 0.25) is 0 Å². The molecule has 0 aromatic carbocycles. The van der Waals surface area contributed by atoms with Gasteiger partial charge < -0.3 is 5.11 Å². The molecule has 10 heavy (non-hydrogen) atoms. The van der Waals surface area contributed by atoms with Crippen LogP contribution >= 0.6 is 0 Å². The van der Waals surface area contributed by atoms with Gasteiger partial charge in [0.05, 0.1) is 12.4 Å². The minimum absolute atomic E-state index is 0.218. The molecule has 3 nitrogen and oxygen atoms in total. The highest BCUT2D eigenvalue weighted by molar-refractivity contribution is 5.09. The first-order chi connectivity index (χ1) is 4.70. The van der Waals surface area contributed by atoms with Crippen LogP contribution in [0.4, 0.5) is 8.78 Å². The molecule has 0 fully saturated rings. The summed E-state index contributed by atoms with van der Waals surface area (Å²) < 4.78 is 23.4. The van der Waals surface area contributed by atoms with E-state index in [-0.39, 0.29) is 5.75 Å². The van der Waals surface area contributed by atoms with Crippen LogP contribution in [0.1, 0.15) is 12.2 Å². The average Bonchev–Trinajstić information content (AvgIpc) is 1.88. The molecule has 1 aromatic heterocycles. The van der Waals surface area contributed by atoms with Gasteiger partial charge in [-0.25, -0.2) is 18.7 Å². The zero-order valence-electron chi connectivity index (χ0n) is 4.83. The lowest BCUT2D eigenvalue weighted by molar-refractivity contribution is 0.140. The van der Waals surface area contributed by atoms with Crippen molar-refractivity contribution in [1.29, 1.82) is 0 Å². The molecule has 54 valence electrons. The summed E-state index contributed by atoms with van der Waals surface area (Å²) >= 11 is 0. The third kappa shape index (κ3) is 1.37. The monoisotopic (exact) mass is 146 g/mol. The molecule has 0 spiro atoms. The van der Waals surface area contributed by atoms with E-state index in [0.29, 0.717) is 0 Å². The summed E-state index contributed by atoms with van der Waals surface area (Å²) in [6, 6.07) is 0. The van der Waals surface area contributed by atoms with Crippen LogP contribution in [-0.2, 0) is 0 Å². The van der Waals surface area contributed by atoms with Crippen LogP contribution in [0.25, 0.3) is 0 Å². The molecule has 0 saturated carbocycles. The standard InChI is InChI=1S/C5H4F2N2O/c6-4(7)5-8-1-3(10)2-9-5/h1-2,4,10H. The van der Waals surface area contributed by atoms with E-state index in [1.54, 1.807) is 0 Å². The summed E-state index contributed by atoms with van der Waals surface area (Å²) in [5.41, 5.74) is 0. The number of nitrogens with zero attached hydrogens (tertiary/aromatic N) is 2. The Hall–Kier alpha value is -1.26. The fraction of sp³-hybridized carbons (Fsp3) is 0.200. The minimum Gasteiger partial charge on any atom is -0.505 e. The maximum atomic E-state index is 11.7. The molecule has 0 radical (unpaired) electrons. The predicted octanol–water partition coefficient (Wildman–Crippen LogP) is 1.12. The number of alkyl halides is 2. The number of hydrogen-bond acceptors (Lipinski definition) is 3. The molecule has 0 bridgehead atoms. The highest BCUT2D eigenvalue weighted by Crippen LogP contribution is 2.14. The second-order valence-electron chi connectivity index (χ2n) is 1.60. The molecule has 1 N–H and O–H groups in total. The predicted molar refractivity (Wildman–Crippen MR) is 28.7 cm³/mol. The van der Waals surface area contributed by atoms with Gasteiger partial charge in [-0.15, -0.1) is 0 Å². The fourth-order valence-corrected chi connectivity index (χ4v) is 0.444. The molecule has 0 aliphatic rings. The van der Waals surface area contributed by atoms with Gasteiger partial charge in [0, 0.05) is 0 Å². The van der Waals surface area contributed by atoms with E-state index in [1.165, 1.54) is 0 Å². The molecule has 5 heteroatoms. The molecule has 1 rings (SSSR count). The van der Waals surface area contributed by atoms with E-state index in [2.05, 4.69) is 9.97 Å². The van der Waals surface area contributed by atoms with E-state index in [9.17, 15) is 8.78 Å². The topological polar surface area (TPSA) is 46.0 Å². The van der Waals surface area contributed by atoms with Gasteiger partial charge in [0.2, 0.25) is 0 Å². The maximum absolute atomic E-state index is 11.7. The van der Waals surface area contributed by atoms with Gasteiger partial charge in [0.25, 0.3) is 6.43 Å². The van der Waals surface area contributed by atoms with E-state index < -0.39 is 12.2 Å². The summed E-state index contributed by atoms with van der Waals surface area (Å²) in [7, 11) is 0. The molecule has 0 aliphatic carbocycles. The van der Waals surface area contributed by atoms with Gasteiger partial charge in [-0.2, -0.15) is 0 Å². The summed E-state index contributed by atoms with van der Waals surface area (Å²) in [4.78, 5) is 6.33. The van der Waals surface area contributed by atoms with E-state index in [1.807, 2.05) is 0 Å². The number of halogens is 2. The first kappa shape index (κ1) is 6.85. The lowest BCUT2D eigenvalue weighted by Gasteiger charge is -1.94. The van der Waals surface area contributed by atoms with Crippen molar-refractivity contribution in [2.24, 2.45) is 0 Å². The van der Waals surface area contributed by atoms with Crippen molar-refractivity contribution in [2.45, 2.75) is 6.43 Å². The molecule has 0 unspecified atom stereocenters. The van der Waals surface area contributed by atoms with E-state index in [4.69, 9.17) is 5.11 Å². The Morgan fingerprint density at radius 1 is 1.30 bits per heavy atom. The quantitative estimate of drug-likeness (QED) is 0.645. The SMILES string of the molecule is Oc1cnc(C(F)F)nc1. The largest absolute Gasteiger partial charge is 0.505 e. The van der Waals surface area contributed by atoms with Gasteiger partial charge >= 0.3 is 0 Å². The van der Waals surface area contributed by atoms with Crippen molar-refractivity contribution in [2.75, 3.05) is 0 Å². The molecular formula is C5H4F2N2O. The zero-order chi connectivity index (χ0) is 7.56. The van der Waals surface area contributed by atoms with Gasteiger partial charge in [0.1, 0.15) is 0 Å². The average molecular weight is 146 g/mol. The molecular weight excluding hydrogens is 142 g/mol. The number of hydrogen-bond donors (Lipinski definition) is 1. The summed E-state index contributed by atoms with van der Waals surface area (Å²) in [5, 5.41) is 8.57. The van der Waals surface area contributed by atoms with Crippen LogP contribution in [0, 0.1) is 0 Å². The fourth-order valence-electron chi connectivity index (χ4n) is 0.444. The van der Waals surface area contributed by atoms with Crippen molar-refractivity contribution in [3.8, 4) is 5.75 Å². The molecule has 1 aromatic rings. The van der Waals surface area contributed by atoms with Crippen molar-refractivity contribution in [3.05, 3.63) is 18.2 Å². The van der Waals surface area contributed by atoms with Crippen molar-refractivity contribution < 1.29 is 13.9 Å². The molecule has 0 aliphatic heterocycles. The Bertz CT molecular complexity index is 211. The molecule has 0 saturated heterocycles. The van der Waals surface area contributed by atoms with Crippen LogP contribution in [0.5, 0.6) is 5.75 Å². The number of aromatic hydroxyl groups is 1. The van der Waals surface area contributed by atoms with Crippen molar-refractivity contribution in [1.82, 2.24) is 9.97 Å². The normalized spacial score (nSPS) is 10.3. The van der Waals surface area contributed by atoms with Gasteiger partial charge in [-0.05, 0) is 0 Å². The first-order valence-electron chi connectivity index (χ1n) is 2.49. The molecule has 1 heterocycles. The second kappa shape index (κ2) is 2.55. The Labute approximate surface area is 55.4 Å². The smallest absolute Gasteiger partial charge is 0.297 e. The second-order valence-corrected chi connectivity index (χ2v) is 1.60. The minimum atomic E-state index is -2.68. The maximum Gasteiger partial charge on any atom is 0.297 e. The number of rotatable bonds is 1. The Kier molecular flexibility index (Phi) is 1.75. The van der Waals surface area contributed by atoms with Crippen LogP contribution in [0.3, 0.4) is 0 Å². The van der Waals surface area contributed by atoms with Gasteiger partial charge in [-0.3, -0.25) is 0 Å². The highest BCUT2D eigenvalue weighted by Gasteiger charge is 2.08. The Morgan fingerprint density at radius 3 is 2.20 bits per heavy atom. The summed E-state index contributed by atoms with van der Waals surface area (Å²) in [6.07, 6.45) is -0.830. The van der Waals surface area contributed by atoms with Gasteiger partial charge in [0.15, 0.2) is 11.6 Å². The van der Waals surface area contributed by atoms with E-state index >= 15 is 0 Å². The third-order valence-corrected chi connectivity index (χ3v) is 0.853. The van der Waals surface area contributed by atoms with Crippen LogP contribution in [0.15, 0.2) is 12.4 Å². The zero-order valence-corrected chi connectivity index (χ0v) is 4.83. The first-order valence-corrected chi connectivity index (χ1v) is 2.49. The number of aromatic nitrogens is 2. The van der Waals surface area contributed by atoms with Gasteiger partial charge in [-0.1, -0.05) is 0 Å². The lowest BCUT2D eigenvalue weighted by atomic mass is 10.5. The van der Waals surface area contributed by atoms with Crippen LogP contribution < -0.4 is 0 Å². The summed E-state index contributed by atoms with van der Waals surface area (Å²) in [6.45, 7) is 0. The Balaban J connectivity index is 2.89. The van der Waals surface area contributed by atoms with E-state index in [0.717, 1.165) is 12.4 Å². The molecule has 0 atom stereocenters. The highest BCUT2D eigenvalue weighted by atomic mass is 19.3. The van der Waals surface area contributed by atoms with Crippen LogP contribution in [-0.4, -0.2) is 15.1 Å². The van der Waals surface area contributed by atoms with Crippen molar-refractivity contribution >= 4 is 0 Å². The Morgan fingerprint density at radius 2 is 1.80 bits per heavy atom. The summed E-state index contributed by atoms with van der Waals surface area (Å²) in [5.74, 6) is -0.790. The van der Waals surface area contributed by atoms with Crippen molar-refractivity contribution in [3.63, 3.8) is 0 Å².